The van der Waals surface area contributed by atoms with Gasteiger partial charge in [-0.1, -0.05) is 42.1 Å². The first kappa shape index (κ1) is 14.1. The van der Waals surface area contributed by atoms with E-state index in [0.717, 1.165) is 4.94 Å². The van der Waals surface area contributed by atoms with Crippen molar-refractivity contribution in [2.45, 2.75) is 26.6 Å². The van der Waals surface area contributed by atoms with E-state index in [1.54, 1.807) is 0 Å². The normalized spacial score (nSPS) is 14.5. The van der Waals surface area contributed by atoms with Crippen LogP contribution in [0.15, 0.2) is 10.2 Å². The van der Waals surface area contributed by atoms with Gasteiger partial charge in [0, 0.05) is 4.94 Å². The first-order valence-corrected chi connectivity index (χ1v) is 11.0. The van der Waals surface area contributed by atoms with Crippen LogP contribution in [0.3, 0.4) is 0 Å². The van der Waals surface area contributed by atoms with Crippen molar-refractivity contribution in [1.29, 1.82) is 0 Å². The average molecular weight is 280 g/mol. The highest BCUT2D eigenvalue weighted by atomic mass is 35.9. The lowest BCUT2D eigenvalue weighted by Gasteiger charge is -2.22. The fourth-order valence-corrected chi connectivity index (χ4v) is 10.2. The van der Waals surface area contributed by atoms with Crippen LogP contribution in [0.1, 0.15) is 6.92 Å². The molecule has 13 heavy (non-hydrogen) atoms. The monoisotopic (exact) mass is 278 g/mol. The molecule has 1 nitrogen and oxygen atoms in total. The fraction of sp³-hybridized carbons (Fsp3) is 0.714. The van der Waals surface area contributed by atoms with Gasteiger partial charge in [0.15, 0.2) is 5.22 Å². The van der Waals surface area contributed by atoms with Crippen LogP contribution in [0.4, 0.5) is 0 Å². The number of hydrogen-bond acceptors (Lipinski definition) is 1. The van der Waals surface area contributed by atoms with Crippen molar-refractivity contribution in [2.24, 2.45) is 0 Å². The summed E-state index contributed by atoms with van der Waals surface area (Å²) in [6.45, 7) is 7.68. The summed E-state index contributed by atoms with van der Waals surface area (Å²) < 4.78 is 5.22. The Morgan fingerprint density at radius 2 is 1.77 bits per heavy atom. The molecule has 0 radical (unpaired) electrons. The number of hydrogen-bond donors (Lipinski definition) is 0. The van der Waals surface area contributed by atoms with Gasteiger partial charge in [0.1, 0.15) is 6.63 Å². The third kappa shape index (κ3) is 4.90. The van der Waals surface area contributed by atoms with Gasteiger partial charge in [-0.25, -0.2) is 0 Å². The van der Waals surface area contributed by atoms with Gasteiger partial charge < -0.3 is 4.74 Å². The Morgan fingerprint density at radius 1 is 1.31 bits per heavy atom. The molecule has 78 valence electrons. The Kier molecular flexibility index (Phi) is 6.29. The smallest absolute Gasteiger partial charge is 0.188 e. The zero-order chi connectivity index (χ0) is 10.6. The second kappa shape index (κ2) is 5.82. The van der Waals surface area contributed by atoms with Crippen molar-refractivity contribution in [3.05, 3.63) is 10.2 Å². The first-order chi connectivity index (χ1) is 5.80. The quantitative estimate of drug-likeness (QED) is 0.395. The number of ether oxygens (including phenoxy) is 1. The predicted octanol–water partition coefficient (Wildman–Crippen LogP) is 5.10. The minimum Gasteiger partial charge on any atom is -0.483 e. The van der Waals surface area contributed by atoms with Crippen LogP contribution in [-0.2, 0) is 4.74 Å². The lowest BCUT2D eigenvalue weighted by Crippen LogP contribution is -2.23. The average Bonchev–Trinajstić information content (AvgIpc) is 1.82. The van der Waals surface area contributed by atoms with E-state index < -0.39 is 14.7 Å². The van der Waals surface area contributed by atoms with Crippen LogP contribution in [0.5, 0.6) is 0 Å². The van der Waals surface area contributed by atoms with Crippen LogP contribution in [-0.4, -0.2) is 14.7 Å². The standard InChI is InChI=1S/C7H14Cl3OPSi/c1-5-11-6(8)7(12(9)10)13(2,3)4/h5H2,1-4H3/b7-6+. The zero-order valence-corrected chi connectivity index (χ0v) is 12.4. The Labute approximate surface area is 96.7 Å². The van der Waals surface area contributed by atoms with Gasteiger partial charge in [-0.2, -0.15) is 0 Å². The molecular weight excluding hydrogens is 265 g/mol. The summed E-state index contributed by atoms with van der Waals surface area (Å²) in [5.41, 5.74) is 0. The maximum atomic E-state index is 5.97. The van der Waals surface area contributed by atoms with Gasteiger partial charge >= 0.3 is 0 Å². The third-order valence-electron chi connectivity index (χ3n) is 1.34. The fourth-order valence-electron chi connectivity index (χ4n) is 0.810. The zero-order valence-electron chi connectivity index (χ0n) is 8.20. The lowest BCUT2D eigenvalue weighted by molar-refractivity contribution is 0.255. The van der Waals surface area contributed by atoms with E-state index in [4.69, 9.17) is 38.8 Å². The van der Waals surface area contributed by atoms with E-state index in [-0.39, 0.29) is 0 Å². The van der Waals surface area contributed by atoms with Crippen LogP contribution < -0.4 is 0 Å². The second-order valence-electron chi connectivity index (χ2n) is 3.54. The van der Waals surface area contributed by atoms with E-state index in [1.807, 2.05) is 6.92 Å². The molecule has 0 aliphatic heterocycles. The van der Waals surface area contributed by atoms with Crippen LogP contribution >= 0.6 is 40.7 Å². The molecule has 0 saturated carbocycles. The van der Waals surface area contributed by atoms with Gasteiger partial charge in [0.05, 0.1) is 14.7 Å². The number of rotatable bonds is 4. The summed E-state index contributed by atoms with van der Waals surface area (Å²) in [7, 11) is -1.56. The molecule has 0 rings (SSSR count). The summed E-state index contributed by atoms with van der Waals surface area (Å²) in [5.74, 6) is 0. The molecule has 0 amide bonds. The van der Waals surface area contributed by atoms with Crippen molar-refractivity contribution < 1.29 is 4.74 Å². The Hall–Kier alpha value is 1.06. The lowest BCUT2D eigenvalue weighted by atomic mass is 10.9. The SMILES string of the molecule is CCO/C(Cl)=C(\P(Cl)Cl)[Si](C)(C)C. The third-order valence-corrected chi connectivity index (χ3v) is 8.66. The molecule has 0 aliphatic rings. The molecule has 0 spiro atoms. The molecule has 0 N–H and O–H groups in total. The van der Waals surface area contributed by atoms with E-state index >= 15 is 0 Å². The molecule has 0 aromatic carbocycles. The van der Waals surface area contributed by atoms with Gasteiger partial charge in [-0.15, -0.1) is 0 Å². The molecule has 0 unspecified atom stereocenters. The molecule has 0 aromatic rings. The van der Waals surface area contributed by atoms with Gasteiger partial charge in [0.2, 0.25) is 0 Å². The topological polar surface area (TPSA) is 9.23 Å². The number of halogens is 3. The van der Waals surface area contributed by atoms with E-state index in [9.17, 15) is 0 Å². The highest BCUT2D eigenvalue weighted by Crippen LogP contribution is 2.59. The van der Waals surface area contributed by atoms with Crippen LogP contribution in [0.2, 0.25) is 19.6 Å². The van der Waals surface area contributed by atoms with Gasteiger partial charge in [0.25, 0.3) is 0 Å². The van der Waals surface area contributed by atoms with E-state index in [0.29, 0.717) is 11.8 Å². The second-order valence-corrected chi connectivity index (χ2v) is 12.8. The van der Waals surface area contributed by atoms with Crippen LogP contribution in [0.25, 0.3) is 0 Å². The maximum Gasteiger partial charge on any atom is 0.188 e. The summed E-state index contributed by atoms with van der Waals surface area (Å²) in [6.07, 6.45) is 0. The Bertz CT molecular complexity index is 200. The first-order valence-electron chi connectivity index (χ1n) is 3.95. The highest BCUT2D eigenvalue weighted by molar-refractivity contribution is 8.08. The Balaban J connectivity index is 4.89. The minimum absolute atomic E-state index is 0.401. The van der Waals surface area contributed by atoms with Crippen molar-refractivity contribution in [1.82, 2.24) is 0 Å². The summed E-state index contributed by atoms with van der Waals surface area (Å²) in [4.78, 5) is 0.925. The van der Waals surface area contributed by atoms with Crippen LogP contribution in [0, 0.1) is 0 Å². The van der Waals surface area contributed by atoms with Crippen molar-refractivity contribution in [3.8, 4) is 0 Å². The molecule has 0 fully saturated rings. The van der Waals surface area contributed by atoms with Crippen molar-refractivity contribution in [2.75, 3.05) is 6.61 Å². The summed E-state index contributed by atoms with van der Waals surface area (Å²) in [6, 6.07) is 0. The van der Waals surface area contributed by atoms with Gasteiger partial charge in [-0.3, -0.25) is 0 Å². The minimum atomic E-state index is -1.56. The predicted molar refractivity (Wildman–Crippen MR) is 66.5 cm³/mol. The molecule has 6 heteroatoms. The molecule has 0 atom stereocenters. The summed E-state index contributed by atoms with van der Waals surface area (Å²) >= 11 is 17.8. The molecular formula is C7H14Cl3OPSi. The van der Waals surface area contributed by atoms with Crippen molar-refractivity contribution >= 4 is 48.8 Å². The molecule has 0 heterocycles. The summed E-state index contributed by atoms with van der Waals surface area (Å²) in [5, 5.41) is 0.401. The molecule has 0 aromatic heterocycles. The van der Waals surface area contributed by atoms with E-state index in [1.165, 1.54) is 0 Å². The largest absolute Gasteiger partial charge is 0.483 e. The van der Waals surface area contributed by atoms with Crippen molar-refractivity contribution in [3.63, 3.8) is 0 Å². The molecule has 0 saturated heterocycles. The van der Waals surface area contributed by atoms with Gasteiger partial charge in [-0.05, 0) is 18.5 Å². The molecule has 0 bridgehead atoms. The maximum absolute atomic E-state index is 5.97. The Morgan fingerprint density at radius 3 is 2.00 bits per heavy atom. The highest BCUT2D eigenvalue weighted by Gasteiger charge is 2.29. The van der Waals surface area contributed by atoms with E-state index in [2.05, 4.69) is 19.6 Å². The molecule has 0 aliphatic carbocycles.